The van der Waals surface area contributed by atoms with Crippen LogP contribution in [0.25, 0.3) is 0 Å². The first-order valence-corrected chi connectivity index (χ1v) is 5.79. The molecule has 0 unspecified atom stereocenters. The Morgan fingerprint density at radius 1 is 0.905 bits per heavy atom. The Balaban J connectivity index is 0.000000219. The van der Waals surface area contributed by atoms with Gasteiger partial charge in [-0.05, 0) is 11.6 Å². The molecule has 0 saturated carbocycles. The highest BCUT2D eigenvalue weighted by Crippen LogP contribution is 2.18. The summed E-state index contributed by atoms with van der Waals surface area (Å²) in [5.74, 6) is 4.86. The quantitative estimate of drug-likeness (QED) is 0.682. The van der Waals surface area contributed by atoms with E-state index in [1.807, 2.05) is 30.3 Å². The summed E-state index contributed by atoms with van der Waals surface area (Å²) in [6.07, 6.45) is 0. The summed E-state index contributed by atoms with van der Waals surface area (Å²) >= 11 is 0. The van der Waals surface area contributed by atoms with Gasteiger partial charge in [-0.25, -0.2) is 5.90 Å². The molecular formula is C13H13N3O5. The van der Waals surface area contributed by atoms with Crippen molar-refractivity contribution in [1.82, 2.24) is 0 Å². The van der Waals surface area contributed by atoms with Crippen molar-refractivity contribution in [2.45, 2.75) is 6.61 Å². The zero-order chi connectivity index (χ0) is 15.7. The molecule has 2 aromatic carbocycles. The van der Waals surface area contributed by atoms with Crippen molar-refractivity contribution in [3.63, 3.8) is 0 Å². The number of nitrogens with zero attached hydrogens (tertiary/aromatic N) is 2. The minimum atomic E-state index is -0.674. The summed E-state index contributed by atoms with van der Waals surface area (Å²) in [6, 6.07) is 14.4. The summed E-state index contributed by atoms with van der Waals surface area (Å²) in [7, 11) is 0. The van der Waals surface area contributed by atoms with Crippen molar-refractivity contribution in [2.75, 3.05) is 0 Å². The Kier molecular flexibility index (Phi) is 6.45. The van der Waals surface area contributed by atoms with Crippen LogP contribution >= 0.6 is 0 Å². The average molecular weight is 291 g/mol. The minimum Gasteiger partial charge on any atom is -0.300 e. The Hall–Kier alpha value is -2.84. The number of benzene rings is 2. The second-order valence-corrected chi connectivity index (χ2v) is 3.83. The standard InChI is InChI=1S/C7H9NO.C6H4N2O4/c8-9-6-7-4-2-1-3-5-7;9-7(10)5-2-1-3-6(4-5)8(11)12/h1-5H,6,8H2;1-4H. The van der Waals surface area contributed by atoms with E-state index in [0.29, 0.717) is 6.61 Å². The van der Waals surface area contributed by atoms with Crippen LogP contribution in [0.1, 0.15) is 5.56 Å². The highest BCUT2D eigenvalue weighted by molar-refractivity contribution is 5.42. The lowest BCUT2D eigenvalue weighted by Crippen LogP contribution is -1.97. The second kappa shape index (κ2) is 8.35. The van der Waals surface area contributed by atoms with Crippen molar-refractivity contribution >= 4 is 11.4 Å². The fourth-order valence-electron chi connectivity index (χ4n) is 1.39. The second-order valence-electron chi connectivity index (χ2n) is 3.83. The molecule has 2 N–H and O–H groups in total. The van der Waals surface area contributed by atoms with Gasteiger partial charge in [0.25, 0.3) is 11.4 Å². The topological polar surface area (TPSA) is 122 Å². The fourth-order valence-corrected chi connectivity index (χ4v) is 1.39. The first-order valence-electron chi connectivity index (χ1n) is 5.79. The molecule has 0 aliphatic rings. The molecule has 2 rings (SSSR count). The SMILES string of the molecule is NOCc1ccccc1.O=[N+]([O-])c1cccc([N+](=O)[O-])c1. The molecular weight excluding hydrogens is 278 g/mol. The van der Waals surface area contributed by atoms with Gasteiger partial charge in [0.15, 0.2) is 0 Å². The van der Waals surface area contributed by atoms with Gasteiger partial charge in [0.2, 0.25) is 0 Å². The number of rotatable bonds is 4. The van der Waals surface area contributed by atoms with Crippen molar-refractivity contribution < 1.29 is 14.7 Å². The van der Waals surface area contributed by atoms with E-state index in [1.54, 1.807) is 0 Å². The number of nitro benzene ring substituents is 2. The van der Waals surface area contributed by atoms with E-state index in [4.69, 9.17) is 5.90 Å². The van der Waals surface area contributed by atoms with Crippen LogP contribution < -0.4 is 5.90 Å². The zero-order valence-corrected chi connectivity index (χ0v) is 10.9. The van der Waals surface area contributed by atoms with E-state index in [0.717, 1.165) is 11.6 Å². The van der Waals surface area contributed by atoms with E-state index in [2.05, 4.69) is 4.84 Å². The first kappa shape index (κ1) is 16.2. The summed E-state index contributed by atoms with van der Waals surface area (Å²) in [5.41, 5.74) is 0.549. The van der Waals surface area contributed by atoms with Crippen LogP contribution in [0.2, 0.25) is 0 Å². The molecule has 0 radical (unpaired) electrons. The van der Waals surface area contributed by atoms with Gasteiger partial charge in [0.1, 0.15) is 0 Å². The Labute approximate surface area is 120 Å². The van der Waals surface area contributed by atoms with E-state index in [1.165, 1.54) is 18.2 Å². The van der Waals surface area contributed by atoms with Crippen LogP contribution in [-0.4, -0.2) is 9.85 Å². The molecule has 2 aromatic rings. The maximum Gasteiger partial charge on any atom is 0.276 e. The molecule has 0 spiro atoms. The Morgan fingerprint density at radius 3 is 1.86 bits per heavy atom. The highest BCUT2D eigenvalue weighted by atomic mass is 16.6. The van der Waals surface area contributed by atoms with Gasteiger partial charge in [-0.15, -0.1) is 0 Å². The largest absolute Gasteiger partial charge is 0.300 e. The lowest BCUT2D eigenvalue weighted by atomic mass is 10.2. The van der Waals surface area contributed by atoms with E-state index in [-0.39, 0.29) is 11.4 Å². The van der Waals surface area contributed by atoms with Crippen molar-refractivity contribution in [3.05, 3.63) is 80.4 Å². The lowest BCUT2D eigenvalue weighted by Gasteiger charge is -1.94. The molecule has 21 heavy (non-hydrogen) atoms. The van der Waals surface area contributed by atoms with Crippen LogP contribution in [0.5, 0.6) is 0 Å². The van der Waals surface area contributed by atoms with Gasteiger partial charge in [-0.2, -0.15) is 0 Å². The van der Waals surface area contributed by atoms with Gasteiger partial charge in [0, 0.05) is 12.1 Å². The predicted molar refractivity (Wildman–Crippen MR) is 75.2 cm³/mol. The first-order chi connectivity index (χ1) is 10.0. The van der Waals surface area contributed by atoms with Crippen LogP contribution in [0, 0.1) is 20.2 Å². The van der Waals surface area contributed by atoms with Gasteiger partial charge in [0.05, 0.1) is 22.5 Å². The Morgan fingerprint density at radius 2 is 1.43 bits per heavy atom. The predicted octanol–water partition coefficient (Wildman–Crippen LogP) is 2.58. The number of non-ortho nitro benzene ring substituents is 2. The van der Waals surface area contributed by atoms with Crippen molar-refractivity contribution in [2.24, 2.45) is 5.90 Å². The van der Waals surface area contributed by atoms with Gasteiger partial charge in [-0.1, -0.05) is 30.3 Å². The molecule has 0 aromatic heterocycles. The molecule has 0 aliphatic carbocycles. The molecule has 0 fully saturated rings. The van der Waals surface area contributed by atoms with Crippen molar-refractivity contribution in [1.29, 1.82) is 0 Å². The number of hydrogen-bond donors (Lipinski definition) is 1. The number of nitro groups is 2. The number of hydrogen-bond acceptors (Lipinski definition) is 6. The van der Waals surface area contributed by atoms with E-state index in [9.17, 15) is 20.2 Å². The molecule has 110 valence electrons. The molecule has 0 aliphatic heterocycles. The molecule has 0 bridgehead atoms. The molecule has 0 amide bonds. The van der Waals surface area contributed by atoms with Crippen molar-refractivity contribution in [3.8, 4) is 0 Å². The third-order valence-corrected chi connectivity index (χ3v) is 2.34. The van der Waals surface area contributed by atoms with Crippen LogP contribution in [0.4, 0.5) is 11.4 Å². The van der Waals surface area contributed by atoms with E-state index < -0.39 is 9.85 Å². The van der Waals surface area contributed by atoms with Crippen LogP contribution in [-0.2, 0) is 11.4 Å². The summed E-state index contributed by atoms with van der Waals surface area (Å²) in [4.78, 5) is 23.4. The van der Waals surface area contributed by atoms with Gasteiger partial charge >= 0.3 is 0 Å². The molecule has 0 saturated heterocycles. The minimum absolute atomic E-state index is 0.274. The number of nitrogens with two attached hydrogens (primary N) is 1. The molecule has 0 atom stereocenters. The molecule has 0 heterocycles. The third-order valence-electron chi connectivity index (χ3n) is 2.34. The zero-order valence-electron chi connectivity index (χ0n) is 10.9. The Bertz CT molecular complexity index is 575. The monoisotopic (exact) mass is 291 g/mol. The molecule has 8 heteroatoms. The average Bonchev–Trinajstić information content (AvgIpc) is 2.49. The van der Waals surface area contributed by atoms with Crippen LogP contribution in [0.3, 0.4) is 0 Å². The normalized spacial score (nSPS) is 9.38. The van der Waals surface area contributed by atoms with Crippen LogP contribution in [0.15, 0.2) is 54.6 Å². The highest BCUT2D eigenvalue weighted by Gasteiger charge is 2.11. The smallest absolute Gasteiger partial charge is 0.276 e. The van der Waals surface area contributed by atoms with Gasteiger partial charge < -0.3 is 0 Å². The summed E-state index contributed by atoms with van der Waals surface area (Å²) in [5, 5.41) is 20.3. The van der Waals surface area contributed by atoms with Gasteiger partial charge in [-0.3, -0.25) is 25.1 Å². The fraction of sp³-hybridized carbons (Fsp3) is 0.0769. The van der Waals surface area contributed by atoms with E-state index >= 15 is 0 Å². The third kappa shape index (κ3) is 5.76. The summed E-state index contributed by atoms with van der Waals surface area (Å²) < 4.78 is 0. The summed E-state index contributed by atoms with van der Waals surface area (Å²) in [6.45, 7) is 0.487. The maximum absolute atomic E-state index is 10.2. The maximum atomic E-state index is 10.2. The lowest BCUT2D eigenvalue weighted by molar-refractivity contribution is -0.394. The molecule has 8 nitrogen and oxygen atoms in total.